The Balaban J connectivity index is 1.28. The summed E-state index contributed by atoms with van der Waals surface area (Å²) >= 11 is 0. The highest BCUT2D eigenvalue weighted by Crippen LogP contribution is 2.25. The van der Waals surface area contributed by atoms with Gasteiger partial charge in [0.25, 0.3) is 5.56 Å². The maximum absolute atomic E-state index is 13.0. The molecule has 0 spiro atoms. The van der Waals surface area contributed by atoms with E-state index in [0.29, 0.717) is 29.8 Å². The summed E-state index contributed by atoms with van der Waals surface area (Å²) in [6.07, 6.45) is 5.84. The number of benzene rings is 2. The van der Waals surface area contributed by atoms with Crippen molar-refractivity contribution in [3.05, 3.63) is 82.5 Å². The number of rotatable bonds is 7. The maximum atomic E-state index is 13.0. The van der Waals surface area contributed by atoms with Crippen molar-refractivity contribution in [2.45, 2.75) is 38.6 Å². The van der Waals surface area contributed by atoms with Gasteiger partial charge in [-0.3, -0.25) is 9.59 Å². The molecule has 1 fully saturated rings. The second kappa shape index (κ2) is 10.1. The summed E-state index contributed by atoms with van der Waals surface area (Å²) in [4.78, 5) is 37.2. The molecule has 1 N–H and O–H groups in total. The number of carbonyl (C=O) groups excluding carboxylic acids is 1. The third-order valence-corrected chi connectivity index (χ3v) is 6.59. The lowest BCUT2D eigenvalue weighted by Gasteiger charge is -2.31. The molecule has 1 saturated heterocycles. The standard InChI is InChI=1S/C27H30N6O2/c1-31(19-20-10-6-7-13-23(20)32-16-8-3-9-17-32)25(34)15-14-24-29-26-22(27(35)30-24)18-28-33(26)21-11-4-2-5-12-21/h2,4-7,10-13,18H,3,8-9,14-17,19H2,1H3,(H,29,30,35). The highest BCUT2D eigenvalue weighted by Gasteiger charge is 2.18. The SMILES string of the molecule is CN(Cc1ccccc1N1CCCCC1)C(=O)CCc1nc2c(cnn2-c2ccccc2)c(=O)[nH]1. The zero-order valence-corrected chi connectivity index (χ0v) is 20.0. The largest absolute Gasteiger partial charge is 0.371 e. The number of aromatic amines is 1. The first-order valence-electron chi connectivity index (χ1n) is 12.2. The molecule has 0 atom stereocenters. The molecule has 8 nitrogen and oxygen atoms in total. The summed E-state index contributed by atoms with van der Waals surface area (Å²) in [6, 6.07) is 17.9. The summed E-state index contributed by atoms with van der Waals surface area (Å²) in [5, 5.41) is 4.77. The molecule has 35 heavy (non-hydrogen) atoms. The van der Waals surface area contributed by atoms with Gasteiger partial charge >= 0.3 is 0 Å². The van der Waals surface area contributed by atoms with Gasteiger partial charge in [-0.2, -0.15) is 5.10 Å². The zero-order chi connectivity index (χ0) is 24.2. The van der Waals surface area contributed by atoms with Gasteiger partial charge in [0.1, 0.15) is 11.2 Å². The normalized spacial score (nSPS) is 13.8. The quantitative estimate of drug-likeness (QED) is 0.445. The molecule has 0 unspecified atom stereocenters. The highest BCUT2D eigenvalue weighted by molar-refractivity contribution is 5.77. The van der Waals surface area contributed by atoms with Gasteiger partial charge in [-0.25, -0.2) is 9.67 Å². The molecule has 3 heterocycles. The number of carbonyl (C=O) groups is 1. The number of hydrogen-bond donors (Lipinski definition) is 1. The minimum Gasteiger partial charge on any atom is -0.371 e. The fourth-order valence-corrected chi connectivity index (χ4v) is 4.69. The fraction of sp³-hybridized carbons (Fsp3) is 0.333. The van der Waals surface area contributed by atoms with Gasteiger partial charge in [0, 0.05) is 45.2 Å². The van der Waals surface area contributed by atoms with Crippen molar-refractivity contribution < 1.29 is 4.79 Å². The van der Waals surface area contributed by atoms with E-state index in [1.54, 1.807) is 9.58 Å². The second-order valence-electron chi connectivity index (χ2n) is 9.07. The number of nitrogens with one attached hydrogen (secondary N) is 1. The van der Waals surface area contributed by atoms with Gasteiger partial charge in [-0.1, -0.05) is 36.4 Å². The molecule has 1 amide bonds. The van der Waals surface area contributed by atoms with Crippen molar-refractivity contribution in [3.8, 4) is 5.69 Å². The van der Waals surface area contributed by atoms with Crippen molar-refractivity contribution in [1.82, 2.24) is 24.6 Å². The molecule has 180 valence electrons. The number of H-pyrrole nitrogens is 1. The van der Waals surface area contributed by atoms with E-state index in [2.05, 4.69) is 38.2 Å². The molecule has 8 heteroatoms. The van der Waals surface area contributed by atoms with Crippen LogP contribution in [0.25, 0.3) is 16.7 Å². The van der Waals surface area contributed by atoms with Crippen molar-refractivity contribution in [2.75, 3.05) is 25.0 Å². The average Bonchev–Trinajstić information content (AvgIpc) is 3.33. The monoisotopic (exact) mass is 470 g/mol. The number of hydrogen-bond acceptors (Lipinski definition) is 5. The Morgan fingerprint density at radius 1 is 1.03 bits per heavy atom. The van der Waals surface area contributed by atoms with Crippen LogP contribution in [0.3, 0.4) is 0 Å². The number of anilines is 1. The molecule has 0 saturated carbocycles. The Labute approximate surface area is 204 Å². The molecule has 1 aliphatic heterocycles. The summed E-state index contributed by atoms with van der Waals surface area (Å²) in [6.45, 7) is 2.68. The van der Waals surface area contributed by atoms with Crippen molar-refractivity contribution >= 4 is 22.6 Å². The van der Waals surface area contributed by atoms with Crippen molar-refractivity contribution in [2.24, 2.45) is 0 Å². The Morgan fingerprint density at radius 2 is 1.77 bits per heavy atom. The molecule has 0 aliphatic carbocycles. The van der Waals surface area contributed by atoms with Crippen LogP contribution in [-0.2, 0) is 17.8 Å². The number of piperidine rings is 1. The van der Waals surface area contributed by atoms with Gasteiger partial charge in [-0.15, -0.1) is 0 Å². The minimum atomic E-state index is -0.247. The second-order valence-corrected chi connectivity index (χ2v) is 9.07. The van der Waals surface area contributed by atoms with Crippen LogP contribution in [-0.4, -0.2) is 50.7 Å². The maximum Gasteiger partial charge on any atom is 0.262 e. The third-order valence-electron chi connectivity index (χ3n) is 6.59. The predicted molar refractivity (Wildman–Crippen MR) is 137 cm³/mol. The van der Waals surface area contributed by atoms with Crippen molar-refractivity contribution in [1.29, 1.82) is 0 Å². The van der Waals surface area contributed by atoms with Gasteiger partial charge in [0.15, 0.2) is 5.65 Å². The van der Waals surface area contributed by atoms with Crippen LogP contribution in [0, 0.1) is 0 Å². The Morgan fingerprint density at radius 3 is 2.57 bits per heavy atom. The van der Waals surface area contributed by atoms with Crippen LogP contribution < -0.4 is 10.5 Å². The topological polar surface area (TPSA) is 87.1 Å². The fourth-order valence-electron chi connectivity index (χ4n) is 4.69. The smallest absolute Gasteiger partial charge is 0.262 e. The van der Waals surface area contributed by atoms with Gasteiger partial charge in [0.2, 0.25) is 5.91 Å². The molecule has 5 rings (SSSR count). The highest BCUT2D eigenvalue weighted by atomic mass is 16.2. The molecule has 0 bridgehead atoms. The van der Waals surface area contributed by atoms with E-state index in [9.17, 15) is 9.59 Å². The molecule has 1 aliphatic rings. The summed E-state index contributed by atoms with van der Waals surface area (Å²) in [5.74, 6) is 0.494. The van der Waals surface area contributed by atoms with E-state index in [1.165, 1.54) is 31.1 Å². The number of aryl methyl sites for hydroxylation is 1. The van der Waals surface area contributed by atoms with Gasteiger partial charge in [0.05, 0.1) is 11.9 Å². The van der Waals surface area contributed by atoms with E-state index in [4.69, 9.17) is 0 Å². The van der Waals surface area contributed by atoms with Crippen LogP contribution >= 0.6 is 0 Å². The minimum absolute atomic E-state index is 0.0118. The zero-order valence-electron chi connectivity index (χ0n) is 20.0. The van der Waals surface area contributed by atoms with Crippen LogP contribution in [0.4, 0.5) is 5.69 Å². The Hall–Kier alpha value is -3.94. The van der Waals surface area contributed by atoms with E-state index < -0.39 is 0 Å². The molecule has 2 aromatic heterocycles. The molecule has 4 aromatic rings. The van der Waals surface area contributed by atoms with E-state index in [1.807, 2.05) is 43.4 Å². The Bertz CT molecular complexity index is 1370. The number of nitrogens with zero attached hydrogens (tertiary/aromatic N) is 5. The van der Waals surface area contributed by atoms with Crippen molar-refractivity contribution in [3.63, 3.8) is 0 Å². The lowest BCUT2D eigenvalue weighted by Crippen LogP contribution is -2.32. The lowest BCUT2D eigenvalue weighted by molar-refractivity contribution is -0.130. The first kappa shape index (κ1) is 22.8. The van der Waals surface area contributed by atoms with Crippen LogP contribution in [0.15, 0.2) is 65.6 Å². The summed E-state index contributed by atoms with van der Waals surface area (Å²) in [7, 11) is 1.83. The number of fused-ring (bicyclic) bond motifs is 1. The van der Waals surface area contributed by atoms with E-state index in [0.717, 1.165) is 24.3 Å². The molecular weight excluding hydrogens is 440 g/mol. The van der Waals surface area contributed by atoms with Crippen LogP contribution in [0.5, 0.6) is 0 Å². The predicted octanol–water partition coefficient (Wildman–Crippen LogP) is 3.69. The Kier molecular flexibility index (Phi) is 6.61. The van der Waals surface area contributed by atoms with E-state index in [-0.39, 0.29) is 17.9 Å². The average molecular weight is 471 g/mol. The number of para-hydroxylation sites is 2. The summed E-state index contributed by atoms with van der Waals surface area (Å²) in [5.41, 5.74) is 3.45. The lowest BCUT2D eigenvalue weighted by atomic mass is 10.1. The van der Waals surface area contributed by atoms with Gasteiger partial charge < -0.3 is 14.8 Å². The third kappa shape index (κ3) is 4.96. The van der Waals surface area contributed by atoms with Gasteiger partial charge in [-0.05, 0) is 43.0 Å². The first-order valence-corrected chi connectivity index (χ1v) is 12.2. The van der Waals surface area contributed by atoms with Crippen LogP contribution in [0.1, 0.15) is 37.1 Å². The van der Waals surface area contributed by atoms with Crippen LogP contribution in [0.2, 0.25) is 0 Å². The molecule has 0 radical (unpaired) electrons. The molecule has 2 aromatic carbocycles. The first-order chi connectivity index (χ1) is 17.1. The van der Waals surface area contributed by atoms with E-state index >= 15 is 0 Å². The summed E-state index contributed by atoms with van der Waals surface area (Å²) < 4.78 is 1.65. The number of aromatic nitrogens is 4. The number of amides is 1. The molecular formula is C27H30N6O2.